The average Bonchev–Trinajstić information content (AvgIpc) is 3.42. The molecule has 8 heteroatoms. The van der Waals surface area contributed by atoms with Gasteiger partial charge in [-0.2, -0.15) is 5.10 Å². The molecule has 2 N–H and O–H groups in total. The third-order valence-corrected chi connectivity index (χ3v) is 6.57. The second-order valence-corrected chi connectivity index (χ2v) is 8.85. The van der Waals surface area contributed by atoms with Gasteiger partial charge in [0.15, 0.2) is 5.13 Å². The van der Waals surface area contributed by atoms with Crippen molar-refractivity contribution in [1.82, 2.24) is 19.7 Å². The molecule has 1 aliphatic carbocycles. The molecule has 0 amide bonds. The Kier molecular flexibility index (Phi) is 5.57. The molecule has 7 nitrogen and oxygen atoms in total. The Morgan fingerprint density at radius 1 is 1.19 bits per heavy atom. The normalized spacial score (nSPS) is 18.9. The summed E-state index contributed by atoms with van der Waals surface area (Å²) in [5, 5.41) is 18.8. The number of anilines is 1. The lowest BCUT2D eigenvalue weighted by atomic mass is 9.93. The lowest BCUT2D eigenvalue weighted by Crippen LogP contribution is -2.36. The summed E-state index contributed by atoms with van der Waals surface area (Å²) in [6, 6.07) is 9.75. The van der Waals surface area contributed by atoms with Crippen LogP contribution in [0.2, 0.25) is 0 Å². The van der Waals surface area contributed by atoms with Crippen molar-refractivity contribution in [2.24, 2.45) is 0 Å². The number of fused-ring (bicyclic) bond motifs is 1. The van der Waals surface area contributed by atoms with E-state index in [1.54, 1.807) is 17.5 Å². The highest BCUT2D eigenvalue weighted by atomic mass is 32.1. The van der Waals surface area contributed by atoms with Crippen LogP contribution in [0.5, 0.6) is 11.5 Å². The minimum Gasteiger partial charge on any atom is -0.457 e. The first-order valence-corrected chi connectivity index (χ1v) is 11.5. The van der Waals surface area contributed by atoms with Gasteiger partial charge in [-0.1, -0.05) is 24.2 Å². The smallest absolute Gasteiger partial charge is 0.184 e. The third kappa shape index (κ3) is 4.40. The molecular formula is C23H25N5O2S. The van der Waals surface area contributed by atoms with E-state index < -0.39 is 0 Å². The van der Waals surface area contributed by atoms with Gasteiger partial charge in [0.25, 0.3) is 0 Å². The van der Waals surface area contributed by atoms with Gasteiger partial charge < -0.3 is 15.2 Å². The van der Waals surface area contributed by atoms with Crippen LogP contribution < -0.4 is 10.1 Å². The summed E-state index contributed by atoms with van der Waals surface area (Å²) in [6.45, 7) is 2.87. The fraction of sp³-hybridized carbons (Fsp3) is 0.348. The second kappa shape index (κ2) is 8.64. The molecule has 1 aliphatic rings. The highest BCUT2D eigenvalue weighted by molar-refractivity contribution is 7.22. The van der Waals surface area contributed by atoms with Crippen LogP contribution in [0.3, 0.4) is 0 Å². The minimum absolute atomic E-state index is 0.0809. The number of nitrogens with one attached hydrogen (secondary N) is 1. The number of hydrogen-bond donors (Lipinski definition) is 2. The van der Waals surface area contributed by atoms with Gasteiger partial charge in [-0.25, -0.2) is 4.98 Å². The highest BCUT2D eigenvalue weighted by Gasteiger charge is 2.23. The lowest BCUT2D eigenvalue weighted by Gasteiger charge is -2.27. The number of aliphatic hydroxyl groups is 1. The predicted octanol–water partition coefficient (Wildman–Crippen LogP) is 5.08. The Bertz CT molecular complexity index is 1190. The van der Waals surface area contributed by atoms with E-state index in [2.05, 4.69) is 27.3 Å². The van der Waals surface area contributed by atoms with Gasteiger partial charge in [0.1, 0.15) is 11.5 Å². The number of aliphatic hydroxyl groups excluding tert-OH is 1. The van der Waals surface area contributed by atoms with Crippen molar-refractivity contribution in [2.75, 3.05) is 5.32 Å². The van der Waals surface area contributed by atoms with Gasteiger partial charge >= 0.3 is 0 Å². The molecule has 0 bridgehead atoms. The molecule has 160 valence electrons. The highest BCUT2D eigenvalue weighted by Crippen LogP contribution is 2.33. The number of ether oxygens (including phenoxy) is 1. The molecule has 1 fully saturated rings. The van der Waals surface area contributed by atoms with Crippen molar-refractivity contribution in [2.45, 2.75) is 51.3 Å². The first kappa shape index (κ1) is 20.0. The molecule has 3 aromatic heterocycles. The summed E-state index contributed by atoms with van der Waals surface area (Å²) in [5.74, 6) is 1.48. The zero-order valence-electron chi connectivity index (χ0n) is 17.4. The summed E-state index contributed by atoms with van der Waals surface area (Å²) in [4.78, 5) is 9.12. The molecule has 5 rings (SSSR count). The van der Waals surface area contributed by atoms with Gasteiger partial charge in [0.05, 0.1) is 34.3 Å². The number of hydrogen-bond acceptors (Lipinski definition) is 7. The number of benzene rings is 1. The molecule has 0 unspecified atom stereocenters. The molecule has 2 atom stereocenters. The first-order chi connectivity index (χ1) is 15.2. The van der Waals surface area contributed by atoms with E-state index in [1.807, 2.05) is 47.4 Å². The van der Waals surface area contributed by atoms with E-state index in [4.69, 9.17) is 4.74 Å². The molecule has 0 spiro atoms. The van der Waals surface area contributed by atoms with Crippen molar-refractivity contribution in [1.29, 1.82) is 0 Å². The molecule has 3 heterocycles. The van der Waals surface area contributed by atoms with E-state index in [-0.39, 0.29) is 12.1 Å². The number of aryl methyl sites for hydroxylation is 1. The Hall–Kier alpha value is -2.97. The van der Waals surface area contributed by atoms with Gasteiger partial charge in [-0.05, 0) is 38.0 Å². The van der Waals surface area contributed by atoms with Crippen LogP contribution in [-0.2, 0) is 6.54 Å². The fourth-order valence-corrected chi connectivity index (χ4v) is 4.86. The molecule has 1 aromatic carbocycles. The zero-order valence-corrected chi connectivity index (χ0v) is 18.2. The molecule has 0 aliphatic heterocycles. The number of nitrogens with zero attached hydrogens (tertiary/aromatic N) is 4. The van der Waals surface area contributed by atoms with E-state index in [0.29, 0.717) is 0 Å². The number of rotatable bonds is 6. The van der Waals surface area contributed by atoms with Crippen molar-refractivity contribution < 1.29 is 9.84 Å². The third-order valence-electron chi connectivity index (χ3n) is 5.62. The Balaban J connectivity index is 1.33. The molecule has 0 radical (unpaired) electrons. The number of pyridine rings is 1. The summed E-state index contributed by atoms with van der Waals surface area (Å²) in [6.07, 6.45) is 9.31. The van der Waals surface area contributed by atoms with Crippen molar-refractivity contribution in [3.05, 3.63) is 48.9 Å². The first-order valence-electron chi connectivity index (χ1n) is 10.7. The maximum Gasteiger partial charge on any atom is 0.184 e. The van der Waals surface area contributed by atoms with Crippen LogP contribution in [-0.4, -0.2) is 37.0 Å². The van der Waals surface area contributed by atoms with Crippen LogP contribution in [0.15, 0.2) is 48.9 Å². The topological polar surface area (TPSA) is 85.1 Å². The van der Waals surface area contributed by atoms with Crippen LogP contribution in [0.25, 0.3) is 21.5 Å². The second-order valence-electron chi connectivity index (χ2n) is 7.81. The summed E-state index contributed by atoms with van der Waals surface area (Å²) < 4.78 is 9.03. The molecular weight excluding hydrogens is 410 g/mol. The van der Waals surface area contributed by atoms with Crippen molar-refractivity contribution >= 4 is 26.7 Å². The van der Waals surface area contributed by atoms with Crippen LogP contribution in [0, 0.1) is 0 Å². The molecule has 4 aromatic rings. The zero-order chi connectivity index (χ0) is 21.2. The van der Waals surface area contributed by atoms with E-state index in [0.717, 1.165) is 70.3 Å². The maximum absolute atomic E-state index is 10.2. The monoisotopic (exact) mass is 435 g/mol. The van der Waals surface area contributed by atoms with Gasteiger partial charge in [0.2, 0.25) is 0 Å². The molecule has 0 saturated heterocycles. The molecule has 1 saturated carbocycles. The summed E-state index contributed by atoms with van der Waals surface area (Å²) in [7, 11) is 0. The standard InChI is InChI=1S/C23H25N5O2S/c1-2-28-14-15(13-25-28)20-11-17(9-10-24-20)30-16-7-8-19-22(12-16)31-23(27-19)26-18-5-3-4-6-21(18)29/h7-14,18,21,29H,2-6H2,1H3,(H,26,27)/t18-,21-/m1/s1. The maximum atomic E-state index is 10.2. The minimum atomic E-state index is -0.301. The number of thiazole rings is 1. The van der Waals surface area contributed by atoms with Crippen molar-refractivity contribution in [3.63, 3.8) is 0 Å². The molecule has 31 heavy (non-hydrogen) atoms. The average molecular weight is 436 g/mol. The van der Waals surface area contributed by atoms with E-state index in [1.165, 1.54) is 0 Å². The predicted molar refractivity (Wildman–Crippen MR) is 123 cm³/mol. The Labute approximate surface area is 184 Å². The van der Waals surface area contributed by atoms with E-state index in [9.17, 15) is 5.11 Å². The van der Waals surface area contributed by atoms with E-state index >= 15 is 0 Å². The van der Waals surface area contributed by atoms with Crippen LogP contribution in [0.4, 0.5) is 5.13 Å². The van der Waals surface area contributed by atoms with Crippen LogP contribution >= 0.6 is 11.3 Å². The quantitative estimate of drug-likeness (QED) is 0.439. The number of aromatic nitrogens is 4. The summed E-state index contributed by atoms with van der Waals surface area (Å²) in [5.41, 5.74) is 2.71. The van der Waals surface area contributed by atoms with Crippen molar-refractivity contribution in [3.8, 4) is 22.8 Å². The largest absolute Gasteiger partial charge is 0.457 e. The SMILES string of the molecule is CCn1cc(-c2cc(Oc3ccc4nc(N[C@@H]5CCCC[C@H]5O)sc4c3)ccn2)cn1. The fourth-order valence-electron chi connectivity index (χ4n) is 3.91. The van der Waals surface area contributed by atoms with Gasteiger partial charge in [0, 0.05) is 36.6 Å². The summed E-state index contributed by atoms with van der Waals surface area (Å²) >= 11 is 1.59. The lowest BCUT2D eigenvalue weighted by molar-refractivity contribution is 0.116. The van der Waals surface area contributed by atoms with Crippen LogP contribution in [0.1, 0.15) is 32.6 Å². The Morgan fingerprint density at radius 2 is 2.06 bits per heavy atom. The Morgan fingerprint density at radius 3 is 2.90 bits per heavy atom. The van der Waals surface area contributed by atoms with Gasteiger partial charge in [-0.3, -0.25) is 9.67 Å². The van der Waals surface area contributed by atoms with Gasteiger partial charge in [-0.15, -0.1) is 0 Å².